The predicted molar refractivity (Wildman–Crippen MR) is 141 cm³/mol. The van der Waals surface area contributed by atoms with Crippen LogP contribution in [0.25, 0.3) is 0 Å². The zero-order valence-corrected chi connectivity index (χ0v) is 22.5. The van der Waals surface area contributed by atoms with Gasteiger partial charge in [0.05, 0.1) is 12.6 Å². The highest BCUT2D eigenvalue weighted by atomic mass is 32.2. The van der Waals surface area contributed by atoms with E-state index in [1.165, 1.54) is 5.38 Å². The summed E-state index contributed by atoms with van der Waals surface area (Å²) >= 11 is -1.81. The summed E-state index contributed by atoms with van der Waals surface area (Å²) in [6.45, 7) is -0.523. The van der Waals surface area contributed by atoms with Crippen LogP contribution in [0.3, 0.4) is 0 Å². The molecule has 3 unspecified atom stereocenters. The molecule has 9 N–H and O–H groups in total. The molecule has 1 aliphatic heterocycles. The number of pyridine rings is 1. The van der Waals surface area contributed by atoms with E-state index in [-0.39, 0.29) is 42.5 Å². The lowest BCUT2D eigenvalue weighted by atomic mass is 9.80. The van der Waals surface area contributed by atoms with Gasteiger partial charge in [-0.15, -0.1) is 11.3 Å². The van der Waals surface area contributed by atoms with Gasteiger partial charge in [-0.05, 0) is 6.42 Å². The molecule has 2 aromatic heterocycles. The van der Waals surface area contributed by atoms with Crippen molar-refractivity contribution in [1.29, 1.82) is 0 Å². The van der Waals surface area contributed by atoms with Gasteiger partial charge in [0.1, 0.15) is 11.7 Å². The van der Waals surface area contributed by atoms with Crippen LogP contribution < -0.4 is 27.1 Å². The monoisotopic (exact) mass is 612 g/mol. The molecule has 2 aliphatic rings. The molecule has 0 spiro atoms. The fourth-order valence-electron chi connectivity index (χ4n) is 3.90. The molecule has 1 saturated heterocycles. The number of nitrogen functional groups attached to an aromatic ring is 1. The van der Waals surface area contributed by atoms with Gasteiger partial charge in [0.15, 0.2) is 16.6 Å². The fraction of sp³-hybridized carbons (Fsp3) is 0.381. The van der Waals surface area contributed by atoms with Crippen molar-refractivity contribution in [2.24, 2.45) is 5.16 Å². The highest BCUT2D eigenvalue weighted by molar-refractivity contribution is 7.77. The molecule has 41 heavy (non-hydrogen) atoms. The number of aliphatic carboxylic acids is 1. The van der Waals surface area contributed by atoms with Gasteiger partial charge in [0, 0.05) is 42.7 Å². The number of urea groups is 1. The molecule has 3 heterocycles. The number of β-lactam (4-membered cyclic amide) rings is 1. The van der Waals surface area contributed by atoms with Gasteiger partial charge in [0.25, 0.3) is 23.1 Å². The van der Waals surface area contributed by atoms with Crippen LogP contribution in [0.5, 0.6) is 5.75 Å². The van der Waals surface area contributed by atoms with Gasteiger partial charge < -0.3 is 41.7 Å². The number of carbonyl (C=O) groups is 4. The Hall–Kier alpha value is -4.56. The Bertz CT molecular complexity index is 1490. The van der Waals surface area contributed by atoms with Crippen LogP contribution in [0.2, 0.25) is 0 Å². The zero-order valence-electron chi connectivity index (χ0n) is 20.9. The number of carboxylic acids is 1. The third-order valence-electron chi connectivity index (χ3n) is 6.33. The Labute approximate surface area is 236 Å². The number of H-pyrrole nitrogens is 1. The van der Waals surface area contributed by atoms with Crippen molar-refractivity contribution in [3.05, 3.63) is 39.3 Å². The van der Waals surface area contributed by atoms with E-state index in [9.17, 15) is 42.9 Å². The van der Waals surface area contributed by atoms with Crippen LogP contribution >= 0.6 is 11.3 Å². The van der Waals surface area contributed by atoms with Crippen molar-refractivity contribution in [2.75, 3.05) is 12.3 Å². The second kappa shape index (κ2) is 11.9. The number of nitrogens with zero attached hydrogens (tertiary/aromatic N) is 3. The predicted octanol–water partition coefficient (Wildman–Crippen LogP) is -1.82. The molecular formula is C21H24N8O10S2. The van der Waals surface area contributed by atoms with E-state index in [0.29, 0.717) is 10.7 Å². The normalized spacial score (nSPS) is 20.3. The number of aromatic nitrogens is 2. The Morgan fingerprint density at radius 3 is 2.61 bits per heavy atom. The number of nitrogens with one attached hydrogen (secondary N) is 4. The minimum atomic E-state index is -2.78. The number of oxime groups is 1. The van der Waals surface area contributed by atoms with Crippen molar-refractivity contribution >= 4 is 57.3 Å². The lowest BCUT2D eigenvalue weighted by Gasteiger charge is -2.44. The number of thiazole rings is 1. The highest BCUT2D eigenvalue weighted by Gasteiger charge is 2.52. The number of aromatic amines is 1. The maximum absolute atomic E-state index is 13.2. The number of aromatic hydroxyl groups is 1. The summed E-state index contributed by atoms with van der Waals surface area (Å²) in [5.41, 5.74) is 3.12. The minimum absolute atomic E-state index is 0.0550. The second-order valence-corrected chi connectivity index (χ2v) is 10.7. The molecule has 18 nitrogen and oxygen atoms in total. The molecule has 0 bridgehead atoms. The number of anilines is 1. The zero-order chi connectivity index (χ0) is 29.9. The molecule has 2 aromatic rings. The van der Waals surface area contributed by atoms with Gasteiger partial charge in [-0.1, -0.05) is 5.16 Å². The van der Waals surface area contributed by atoms with Crippen molar-refractivity contribution < 1.29 is 43.0 Å². The van der Waals surface area contributed by atoms with E-state index < -0.39 is 69.7 Å². The number of hydrogen-bond donors (Lipinski definition) is 8. The minimum Gasteiger partial charge on any atom is -0.503 e. The van der Waals surface area contributed by atoms with Gasteiger partial charge in [-0.25, -0.2) is 23.1 Å². The lowest BCUT2D eigenvalue weighted by Crippen LogP contribution is -2.73. The van der Waals surface area contributed by atoms with Crippen LogP contribution in [-0.2, 0) is 37.0 Å². The summed E-state index contributed by atoms with van der Waals surface area (Å²) in [4.78, 5) is 73.0. The van der Waals surface area contributed by atoms with E-state index in [2.05, 4.69) is 31.1 Å². The molecule has 4 amide bonds. The quantitative estimate of drug-likeness (QED) is 0.0603. The number of carbonyl (C=O) groups excluding carboxylic acids is 3. The van der Waals surface area contributed by atoms with Gasteiger partial charge in [-0.2, -0.15) is 0 Å². The number of nitrogens with two attached hydrogens (primary N) is 1. The molecule has 20 heteroatoms. The number of hydrogen-bond acceptors (Lipinski definition) is 12. The van der Waals surface area contributed by atoms with E-state index in [1.54, 1.807) is 0 Å². The average molecular weight is 613 g/mol. The Balaban J connectivity index is 1.44. The van der Waals surface area contributed by atoms with E-state index in [4.69, 9.17) is 10.6 Å². The summed E-state index contributed by atoms with van der Waals surface area (Å²) < 4.78 is 21.8. The smallest absolute Gasteiger partial charge is 0.350 e. The topological polar surface area (TPSA) is 279 Å². The molecule has 3 atom stereocenters. The van der Waals surface area contributed by atoms with Crippen LogP contribution in [0, 0.1) is 0 Å². The second-order valence-electron chi connectivity index (χ2n) is 8.94. The standard InChI is InChI=1S/C21H24N8O10S2/c22-19-26-10(8-40-19)14(28-39-21(18(34)35)2-1-3-21)16(32)27-15-11(29(17(15)33)41(37)38)6-25-20(36)24-5-9-4-12(30)13(31)7-23-9/h4,7-8,11,15,31H,1-3,5-6H2,(H2,22,26)(H,23,30)(H,27,32)(H,34,35)(H,37,38)(H2,24,25,36). The summed E-state index contributed by atoms with van der Waals surface area (Å²) in [6.07, 6.45) is 1.95. The Kier molecular flexibility index (Phi) is 8.54. The lowest BCUT2D eigenvalue weighted by molar-refractivity contribution is -0.178. The summed E-state index contributed by atoms with van der Waals surface area (Å²) in [6, 6.07) is -2.26. The molecule has 0 radical (unpaired) electrons. The van der Waals surface area contributed by atoms with Crippen molar-refractivity contribution in [3.8, 4) is 5.75 Å². The molecule has 2 fully saturated rings. The van der Waals surface area contributed by atoms with Gasteiger partial charge in [-0.3, -0.25) is 18.9 Å². The van der Waals surface area contributed by atoms with E-state index >= 15 is 0 Å². The SMILES string of the molecule is Nc1nc(C(=NOC2(C(=O)O)CCC2)C(=O)NC2C(=O)N(S(=O)O)C2CNC(=O)NCc2cc(=O)c(O)c[nH]2)cs1. The first-order valence-corrected chi connectivity index (χ1v) is 13.7. The van der Waals surface area contributed by atoms with Gasteiger partial charge >= 0.3 is 12.0 Å². The van der Waals surface area contributed by atoms with Crippen LogP contribution in [0.4, 0.5) is 9.93 Å². The number of rotatable bonds is 11. The first-order chi connectivity index (χ1) is 19.4. The molecule has 220 valence electrons. The largest absolute Gasteiger partial charge is 0.503 e. The Morgan fingerprint density at radius 2 is 2.05 bits per heavy atom. The maximum atomic E-state index is 13.2. The molecule has 1 aliphatic carbocycles. The summed E-state index contributed by atoms with van der Waals surface area (Å²) in [5, 5.41) is 31.1. The van der Waals surface area contributed by atoms with Crippen molar-refractivity contribution in [2.45, 2.75) is 43.5 Å². The first kappa shape index (κ1) is 29.4. The summed E-state index contributed by atoms with van der Waals surface area (Å²) in [7, 11) is 0. The molecular weight excluding hydrogens is 588 g/mol. The van der Waals surface area contributed by atoms with E-state index in [1.807, 2.05) is 0 Å². The van der Waals surface area contributed by atoms with Gasteiger partial charge in [0.2, 0.25) is 11.0 Å². The third-order valence-corrected chi connectivity index (χ3v) is 7.79. The summed E-state index contributed by atoms with van der Waals surface area (Å²) in [5.74, 6) is -3.71. The average Bonchev–Trinajstić information content (AvgIpc) is 3.31. The fourth-order valence-corrected chi connectivity index (χ4v) is 5.14. The van der Waals surface area contributed by atoms with Crippen LogP contribution in [-0.4, -0.2) is 87.0 Å². The van der Waals surface area contributed by atoms with Crippen LogP contribution in [0.1, 0.15) is 30.7 Å². The number of amides is 4. The first-order valence-electron chi connectivity index (χ1n) is 11.8. The highest BCUT2D eigenvalue weighted by Crippen LogP contribution is 2.36. The van der Waals surface area contributed by atoms with Crippen molar-refractivity contribution in [3.63, 3.8) is 0 Å². The molecule has 4 rings (SSSR count). The van der Waals surface area contributed by atoms with E-state index in [0.717, 1.165) is 23.6 Å². The number of carboxylic acid groups (broad SMARTS) is 1. The molecule has 1 saturated carbocycles. The third kappa shape index (κ3) is 6.28. The van der Waals surface area contributed by atoms with Crippen molar-refractivity contribution in [1.82, 2.24) is 30.2 Å². The maximum Gasteiger partial charge on any atom is 0.350 e. The van der Waals surface area contributed by atoms with Crippen LogP contribution in [0.15, 0.2) is 27.6 Å². The molecule has 0 aromatic carbocycles. The Morgan fingerprint density at radius 1 is 1.32 bits per heavy atom.